The fraction of sp³-hybridized carbons (Fsp3) is 0.983. The Morgan fingerprint density at radius 2 is 0.662 bits per heavy atom. The number of hydrogen-bond donors (Lipinski definition) is 6. The molecule has 6 N–H and O–H groups in total. The summed E-state index contributed by atoms with van der Waals surface area (Å²) in [6.45, 7) is 4.35. The van der Waals surface area contributed by atoms with Gasteiger partial charge in [-0.2, -0.15) is 0 Å². The van der Waals surface area contributed by atoms with Gasteiger partial charge in [0.1, 0.15) is 42.7 Å². The number of phosphoric acid groups is 1. The van der Waals surface area contributed by atoms with Crippen LogP contribution in [0.15, 0.2) is 0 Å². The Morgan fingerprint density at radius 1 is 0.394 bits per heavy atom. The summed E-state index contributed by atoms with van der Waals surface area (Å²) in [5, 5.41) is 50.5. The molecule has 0 radical (unpaired) electrons. The van der Waals surface area contributed by atoms with Gasteiger partial charge < -0.3 is 39.9 Å². The van der Waals surface area contributed by atoms with E-state index in [2.05, 4.69) is 13.8 Å². The summed E-state index contributed by atoms with van der Waals surface area (Å²) in [7, 11) is -5.02. The summed E-state index contributed by atoms with van der Waals surface area (Å²) < 4.78 is 34.5. The molecule has 1 aliphatic carbocycles. The van der Waals surface area contributed by atoms with Crippen molar-refractivity contribution in [3.63, 3.8) is 0 Å². The molecule has 0 aromatic carbocycles. The van der Waals surface area contributed by atoms with Crippen LogP contribution in [0.1, 0.15) is 303 Å². The van der Waals surface area contributed by atoms with E-state index in [1.54, 1.807) is 0 Å². The molecule has 0 spiro atoms. The van der Waals surface area contributed by atoms with Crippen molar-refractivity contribution in [2.75, 3.05) is 19.8 Å². The molecule has 424 valence electrons. The zero-order valence-corrected chi connectivity index (χ0v) is 47.0. The number of aliphatic hydroxyl groups is 5. The second-order valence-electron chi connectivity index (χ2n) is 21.6. The van der Waals surface area contributed by atoms with Crippen LogP contribution < -0.4 is 0 Å². The summed E-state index contributed by atoms with van der Waals surface area (Å²) in [5.74, 6) is -0.466. The first kappa shape index (κ1) is 68.4. The molecular weight excluding hydrogens is 920 g/mol. The van der Waals surface area contributed by atoms with Gasteiger partial charge in [-0.05, 0) is 12.8 Å². The molecular formula is C58H115O12P. The van der Waals surface area contributed by atoms with Gasteiger partial charge in [0.15, 0.2) is 0 Å². The third-order valence-electron chi connectivity index (χ3n) is 14.7. The van der Waals surface area contributed by atoms with Gasteiger partial charge in [0.2, 0.25) is 0 Å². The van der Waals surface area contributed by atoms with Crippen LogP contribution in [0.3, 0.4) is 0 Å². The van der Waals surface area contributed by atoms with E-state index in [-0.39, 0.29) is 13.0 Å². The third kappa shape index (κ3) is 40.3. The summed E-state index contributed by atoms with van der Waals surface area (Å²) in [6.07, 6.45) is 44.7. The molecule has 6 unspecified atom stereocenters. The van der Waals surface area contributed by atoms with Gasteiger partial charge in [-0.3, -0.25) is 13.8 Å². The number of phosphoric ester groups is 1. The van der Waals surface area contributed by atoms with Crippen LogP contribution in [0.2, 0.25) is 0 Å². The largest absolute Gasteiger partial charge is 0.472 e. The lowest BCUT2D eigenvalue weighted by atomic mass is 9.85. The number of unbranched alkanes of at least 4 members (excludes halogenated alkanes) is 42. The quantitative estimate of drug-likeness (QED) is 0.0192. The molecule has 0 aromatic heterocycles. The summed E-state index contributed by atoms with van der Waals surface area (Å²) in [5.41, 5.74) is 0. The van der Waals surface area contributed by atoms with Crippen LogP contribution in [0.5, 0.6) is 0 Å². The Labute approximate surface area is 435 Å². The molecule has 13 heteroatoms. The predicted octanol–water partition coefficient (Wildman–Crippen LogP) is 14.8. The number of esters is 1. The average molecular weight is 1040 g/mol. The van der Waals surface area contributed by atoms with Crippen molar-refractivity contribution in [1.82, 2.24) is 0 Å². The molecule has 0 amide bonds. The Kier molecular flexibility index (Phi) is 47.1. The molecule has 0 aromatic rings. The number of aliphatic hydroxyl groups excluding tert-OH is 5. The summed E-state index contributed by atoms with van der Waals surface area (Å²) in [4.78, 5) is 23.3. The van der Waals surface area contributed by atoms with E-state index in [1.165, 1.54) is 238 Å². The van der Waals surface area contributed by atoms with Gasteiger partial charge in [0.05, 0.1) is 13.2 Å². The lowest BCUT2D eigenvalue weighted by Crippen LogP contribution is -2.64. The van der Waals surface area contributed by atoms with Crippen LogP contribution in [0.4, 0.5) is 0 Å². The highest BCUT2D eigenvalue weighted by Crippen LogP contribution is 2.47. The molecule has 0 bridgehead atoms. The van der Waals surface area contributed by atoms with Crippen LogP contribution in [0, 0.1) is 0 Å². The smallest absolute Gasteiger partial charge is 0.457 e. The highest BCUT2D eigenvalue weighted by Gasteiger charge is 2.51. The van der Waals surface area contributed by atoms with E-state index in [0.717, 1.165) is 38.5 Å². The van der Waals surface area contributed by atoms with E-state index in [4.69, 9.17) is 18.5 Å². The Balaban J connectivity index is 2.23. The number of ether oxygens (including phenoxy) is 2. The molecule has 1 rings (SSSR count). The summed E-state index contributed by atoms with van der Waals surface area (Å²) in [6, 6.07) is 0. The van der Waals surface area contributed by atoms with Gasteiger partial charge in [-0.1, -0.05) is 284 Å². The zero-order valence-electron chi connectivity index (χ0n) is 46.1. The van der Waals surface area contributed by atoms with E-state index >= 15 is 0 Å². The van der Waals surface area contributed by atoms with Crippen LogP contribution >= 0.6 is 7.82 Å². The van der Waals surface area contributed by atoms with Crippen molar-refractivity contribution in [3.8, 4) is 0 Å². The van der Waals surface area contributed by atoms with Gasteiger partial charge in [0, 0.05) is 13.0 Å². The Hall–Kier alpha value is -0.660. The van der Waals surface area contributed by atoms with E-state index in [0.29, 0.717) is 13.0 Å². The zero-order chi connectivity index (χ0) is 51.9. The minimum absolute atomic E-state index is 0.0668. The molecule has 1 aliphatic rings. The predicted molar refractivity (Wildman–Crippen MR) is 290 cm³/mol. The minimum Gasteiger partial charge on any atom is -0.457 e. The van der Waals surface area contributed by atoms with Gasteiger partial charge >= 0.3 is 13.8 Å². The third-order valence-corrected chi connectivity index (χ3v) is 15.7. The van der Waals surface area contributed by atoms with E-state index in [9.17, 15) is 39.8 Å². The highest BCUT2D eigenvalue weighted by atomic mass is 31.2. The molecule has 0 aliphatic heterocycles. The maximum atomic E-state index is 12.9. The highest BCUT2D eigenvalue weighted by molar-refractivity contribution is 7.47. The maximum Gasteiger partial charge on any atom is 0.472 e. The van der Waals surface area contributed by atoms with Crippen molar-refractivity contribution in [1.29, 1.82) is 0 Å². The van der Waals surface area contributed by atoms with Crippen molar-refractivity contribution < 1.29 is 58.3 Å². The average Bonchev–Trinajstić information content (AvgIpc) is 3.36. The molecule has 1 fully saturated rings. The molecule has 1 saturated carbocycles. The molecule has 6 atom stereocenters. The fourth-order valence-electron chi connectivity index (χ4n) is 9.95. The van der Waals surface area contributed by atoms with Gasteiger partial charge in [-0.15, -0.1) is 0 Å². The number of carbonyl (C=O) groups is 1. The van der Waals surface area contributed by atoms with Crippen molar-refractivity contribution in [2.24, 2.45) is 0 Å². The second kappa shape index (κ2) is 48.9. The Morgan fingerprint density at radius 3 is 0.972 bits per heavy atom. The number of hydrogen-bond acceptors (Lipinski definition) is 11. The maximum absolute atomic E-state index is 12.9. The first-order chi connectivity index (χ1) is 34.5. The first-order valence-electron chi connectivity index (χ1n) is 30.4. The van der Waals surface area contributed by atoms with Crippen LogP contribution in [-0.4, -0.2) is 98.9 Å². The van der Waals surface area contributed by atoms with Gasteiger partial charge in [-0.25, -0.2) is 4.57 Å². The van der Waals surface area contributed by atoms with Gasteiger partial charge in [0.25, 0.3) is 0 Å². The summed E-state index contributed by atoms with van der Waals surface area (Å²) >= 11 is 0. The SMILES string of the molecule is CCCCCCCCCCCCCCCCCCCCCCCCCOCC(COP(=O)(O)OC1C(O)C(O)C(O)C(O)C1O)OC(=O)CCCCCCCCCCCCCCCCCCCCCCC. The first-order valence-corrected chi connectivity index (χ1v) is 31.9. The van der Waals surface area contributed by atoms with E-state index < -0.39 is 63.1 Å². The second-order valence-corrected chi connectivity index (χ2v) is 23.0. The van der Waals surface area contributed by atoms with Crippen molar-refractivity contribution in [3.05, 3.63) is 0 Å². The Bertz CT molecular complexity index is 1180. The van der Waals surface area contributed by atoms with E-state index in [1.807, 2.05) is 0 Å². The molecule has 0 saturated heterocycles. The minimum atomic E-state index is -5.02. The fourth-order valence-corrected chi connectivity index (χ4v) is 10.9. The van der Waals surface area contributed by atoms with Crippen LogP contribution in [-0.2, 0) is 27.9 Å². The monoisotopic (exact) mass is 1030 g/mol. The van der Waals surface area contributed by atoms with Crippen molar-refractivity contribution in [2.45, 2.75) is 346 Å². The molecule has 71 heavy (non-hydrogen) atoms. The lowest BCUT2D eigenvalue weighted by Gasteiger charge is -2.41. The standard InChI is InChI=1S/C58H115O12P/c1-3-5-7-9-11-13-15-17-19-21-23-25-26-28-30-32-34-36-38-40-42-44-46-48-67-49-51(50-68-71(65,66)70-58-56(63)54(61)53(60)55(62)57(58)64)69-52(59)47-45-43-41-39-37-35-33-31-29-27-24-22-20-18-16-14-12-10-8-6-4-2/h51,53-58,60-64H,3-50H2,1-2H3,(H,65,66). The molecule has 12 nitrogen and oxygen atoms in total. The lowest BCUT2D eigenvalue weighted by molar-refractivity contribution is -0.220. The van der Waals surface area contributed by atoms with Crippen LogP contribution in [0.25, 0.3) is 0 Å². The number of carbonyl (C=O) groups excluding carboxylic acids is 1. The topological polar surface area (TPSA) is 192 Å². The number of rotatable bonds is 54. The van der Waals surface area contributed by atoms with Crippen molar-refractivity contribution >= 4 is 13.8 Å². The normalized spacial score (nSPS) is 20.6. The molecule has 0 heterocycles.